The van der Waals surface area contributed by atoms with Gasteiger partial charge in [-0.15, -0.1) is 0 Å². The minimum Gasteiger partial charge on any atom is -0.271 e. The van der Waals surface area contributed by atoms with E-state index in [2.05, 4.69) is 10.5 Å². The molecule has 1 amide bonds. The maximum Gasteiger partial charge on any atom is 0.264 e. The van der Waals surface area contributed by atoms with Crippen LogP contribution in [0, 0.1) is 13.8 Å². The van der Waals surface area contributed by atoms with Crippen LogP contribution < -0.4 is 9.73 Å². The Balaban J connectivity index is 1.84. The maximum atomic E-state index is 13.3. The lowest BCUT2D eigenvalue weighted by Crippen LogP contribution is -2.40. The van der Waals surface area contributed by atoms with Gasteiger partial charge in [-0.1, -0.05) is 66.2 Å². The number of aryl methyl sites for hydroxylation is 2. The van der Waals surface area contributed by atoms with Gasteiger partial charge in [0.15, 0.2) is 0 Å². The van der Waals surface area contributed by atoms with Crippen molar-refractivity contribution in [2.24, 2.45) is 5.10 Å². The van der Waals surface area contributed by atoms with Gasteiger partial charge in [0.1, 0.15) is 6.54 Å². The number of nitrogens with zero attached hydrogens (tertiary/aromatic N) is 2. The average molecular weight is 422 g/mol. The van der Waals surface area contributed by atoms with Crippen LogP contribution in [0.25, 0.3) is 0 Å². The molecule has 3 aromatic carbocycles. The molecule has 0 saturated carbocycles. The minimum atomic E-state index is -3.93. The molecule has 0 aliphatic rings. The topological polar surface area (TPSA) is 78.8 Å². The van der Waals surface area contributed by atoms with Gasteiger partial charge in [0.25, 0.3) is 15.9 Å². The van der Waals surface area contributed by atoms with Crippen molar-refractivity contribution in [3.05, 3.63) is 95.6 Å². The molecule has 0 aromatic heterocycles. The zero-order chi connectivity index (χ0) is 21.6. The Kier molecular flexibility index (Phi) is 6.64. The third kappa shape index (κ3) is 5.12. The molecule has 3 aromatic rings. The number of rotatable bonds is 7. The van der Waals surface area contributed by atoms with Gasteiger partial charge in [-0.25, -0.2) is 13.8 Å². The second-order valence-corrected chi connectivity index (χ2v) is 8.68. The minimum absolute atomic E-state index is 0.115. The second kappa shape index (κ2) is 9.37. The summed E-state index contributed by atoms with van der Waals surface area (Å²) in [4.78, 5) is 12.7. The van der Waals surface area contributed by atoms with Crippen LogP contribution in [0.2, 0.25) is 0 Å². The molecule has 3 rings (SSSR count). The normalized spacial score (nSPS) is 11.4. The zero-order valence-electron chi connectivity index (χ0n) is 16.8. The summed E-state index contributed by atoms with van der Waals surface area (Å²) in [6.07, 6.45) is 1.52. The van der Waals surface area contributed by atoms with E-state index < -0.39 is 22.5 Å². The Morgan fingerprint density at radius 1 is 0.967 bits per heavy atom. The molecule has 0 fully saturated rings. The van der Waals surface area contributed by atoms with Crippen LogP contribution in [0.4, 0.5) is 5.69 Å². The molecular weight excluding hydrogens is 398 g/mol. The first-order valence-corrected chi connectivity index (χ1v) is 10.8. The molecular formula is C23H23N3O3S. The fraction of sp³-hybridized carbons (Fsp3) is 0.130. The van der Waals surface area contributed by atoms with Gasteiger partial charge in [-0.3, -0.25) is 9.10 Å². The van der Waals surface area contributed by atoms with Crippen molar-refractivity contribution in [2.75, 3.05) is 10.8 Å². The van der Waals surface area contributed by atoms with Crippen molar-refractivity contribution >= 4 is 27.8 Å². The summed E-state index contributed by atoms with van der Waals surface area (Å²) in [5.74, 6) is -0.540. The van der Waals surface area contributed by atoms with Gasteiger partial charge in [-0.2, -0.15) is 5.10 Å². The highest BCUT2D eigenvalue weighted by Crippen LogP contribution is 2.26. The number of carbonyl (C=O) groups is 1. The highest BCUT2D eigenvalue weighted by Gasteiger charge is 2.27. The molecule has 1 N–H and O–H groups in total. The van der Waals surface area contributed by atoms with E-state index in [1.54, 1.807) is 43.3 Å². The summed E-state index contributed by atoms with van der Waals surface area (Å²) in [6.45, 7) is 3.37. The third-order valence-corrected chi connectivity index (χ3v) is 6.22. The molecule has 0 aliphatic heterocycles. The molecule has 0 unspecified atom stereocenters. The van der Waals surface area contributed by atoms with E-state index in [1.165, 1.54) is 18.3 Å². The summed E-state index contributed by atoms with van der Waals surface area (Å²) in [5, 5.41) is 3.96. The van der Waals surface area contributed by atoms with Crippen LogP contribution in [0.15, 0.2) is 88.9 Å². The first-order chi connectivity index (χ1) is 14.4. The quantitative estimate of drug-likeness (QED) is 0.467. The van der Waals surface area contributed by atoms with Gasteiger partial charge in [0.05, 0.1) is 16.8 Å². The van der Waals surface area contributed by atoms with E-state index in [1.807, 2.05) is 37.3 Å². The Morgan fingerprint density at radius 2 is 1.67 bits per heavy atom. The van der Waals surface area contributed by atoms with Crippen LogP contribution in [0.5, 0.6) is 0 Å². The van der Waals surface area contributed by atoms with Gasteiger partial charge < -0.3 is 0 Å². The van der Waals surface area contributed by atoms with Crippen LogP contribution in [0.3, 0.4) is 0 Å². The van der Waals surface area contributed by atoms with Crippen molar-refractivity contribution in [1.29, 1.82) is 0 Å². The molecule has 0 aliphatic carbocycles. The SMILES string of the molecule is Cc1cccc(C=NNC(=O)CN(c2ccccc2C)S(=O)(=O)c2ccccc2)c1. The van der Waals surface area contributed by atoms with Crippen molar-refractivity contribution in [3.8, 4) is 0 Å². The number of anilines is 1. The third-order valence-electron chi connectivity index (χ3n) is 4.45. The number of sulfonamides is 1. The summed E-state index contributed by atoms with van der Waals surface area (Å²) >= 11 is 0. The smallest absolute Gasteiger partial charge is 0.264 e. The van der Waals surface area contributed by atoms with Crippen LogP contribution in [-0.2, 0) is 14.8 Å². The first-order valence-electron chi connectivity index (χ1n) is 9.40. The number of benzene rings is 3. The van der Waals surface area contributed by atoms with Gasteiger partial charge in [0.2, 0.25) is 0 Å². The molecule has 0 bridgehead atoms. The zero-order valence-corrected chi connectivity index (χ0v) is 17.6. The van der Waals surface area contributed by atoms with E-state index >= 15 is 0 Å². The molecule has 0 atom stereocenters. The van der Waals surface area contributed by atoms with Gasteiger partial charge >= 0.3 is 0 Å². The average Bonchev–Trinajstić information content (AvgIpc) is 2.73. The lowest BCUT2D eigenvalue weighted by molar-refractivity contribution is -0.119. The standard InChI is InChI=1S/C23H23N3O3S/c1-18-9-8-11-20(15-18)16-24-25-23(27)17-26(22-14-7-6-10-19(22)2)30(28,29)21-12-4-3-5-13-21/h3-16H,17H2,1-2H3,(H,25,27). The molecule has 30 heavy (non-hydrogen) atoms. The Morgan fingerprint density at radius 3 is 2.37 bits per heavy atom. The fourth-order valence-corrected chi connectivity index (χ4v) is 4.46. The molecule has 0 saturated heterocycles. The molecule has 0 spiro atoms. The van der Waals surface area contributed by atoms with Crippen molar-refractivity contribution in [1.82, 2.24) is 5.43 Å². The molecule has 0 heterocycles. The maximum absolute atomic E-state index is 13.3. The molecule has 154 valence electrons. The van der Waals surface area contributed by atoms with Gasteiger partial charge in [0, 0.05) is 0 Å². The predicted molar refractivity (Wildman–Crippen MR) is 119 cm³/mol. The number of carbonyl (C=O) groups excluding carboxylic acids is 1. The Bertz CT molecular complexity index is 1160. The molecule has 7 heteroatoms. The number of hydrogen-bond donors (Lipinski definition) is 1. The lowest BCUT2D eigenvalue weighted by atomic mass is 10.2. The van der Waals surface area contributed by atoms with Crippen LogP contribution >= 0.6 is 0 Å². The monoisotopic (exact) mass is 421 g/mol. The van der Waals surface area contributed by atoms with E-state index in [-0.39, 0.29) is 4.90 Å². The van der Waals surface area contributed by atoms with Crippen LogP contribution in [-0.4, -0.2) is 27.1 Å². The van der Waals surface area contributed by atoms with Crippen LogP contribution in [0.1, 0.15) is 16.7 Å². The number of amides is 1. The van der Waals surface area contributed by atoms with Crippen molar-refractivity contribution in [2.45, 2.75) is 18.7 Å². The van der Waals surface area contributed by atoms with E-state index in [9.17, 15) is 13.2 Å². The van der Waals surface area contributed by atoms with E-state index in [0.29, 0.717) is 5.69 Å². The summed E-state index contributed by atoms with van der Waals surface area (Å²) < 4.78 is 27.6. The summed E-state index contributed by atoms with van der Waals surface area (Å²) in [7, 11) is -3.93. The number of hydrazone groups is 1. The van der Waals surface area contributed by atoms with E-state index in [0.717, 1.165) is 21.0 Å². The summed E-state index contributed by atoms with van der Waals surface area (Å²) in [6, 6.07) is 22.7. The molecule has 0 radical (unpaired) electrons. The number of nitrogens with one attached hydrogen (secondary N) is 1. The molecule has 6 nitrogen and oxygen atoms in total. The Hall–Kier alpha value is -3.45. The number of para-hydroxylation sites is 1. The fourth-order valence-electron chi connectivity index (χ4n) is 2.96. The summed E-state index contributed by atoms with van der Waals surface area (Å²) in [5.41, 5.74) is 5.52. The largest absolute Gasteiger partial charge is 0.271 e. The van der Waals surface area contributed by atoms with Crippen molar-refractivity contribution < 1.29 is 13.2 Å². The van der Waals surface area contributed by atoms with Gasteiger partial charge in [-0.05, 0) is 43.2 Å². The predicted octanol–water partition coefficient (Wildman–Crippen LogP) is 3.65. The Labute approximate surface area is 176 Å². The first kappa shape index (κ1) is 21.3. The lowest BCUT2D eigenvalue weighted by Gasteiger charge is -2.25. The second-order valence-electron chi connectivity index (χ2n) is 6.82. The van der Waals surface area contributed by atoms with E-state index in [4.69, 9.17) is 0 Å². The number of hydrogen-bond acceptors (Lipinski definition) is 4. The highest BCUT2D eigenvalue weighted by atomic mass is 32.2. The van der Waals surface area contributed by atoms with Crippen molar-refractivity contribution in [3.63, 3.8) is 0 Å². The highest BCUT2D eigenvalue weighted by molar-refractivity contribution is 7.92.